The van der Waals surface area contributed by atoms with Crippen molar-refractivity contribution in [3.8, 4) is 6.07 Å². The number of nitriles is 1. The SMILES string of the molecule is Cc1cc(C(F)(F)F)c(CBr)cc1C#N. The predicted octanol–water partition coefficient (Wildman–Crippen LogP) is 3.78. The van der Waals surface area contributed by atoms with E-state index >= 15 is 0 Å². The average molecular weight is 278 g/mol. The van der Waals surface area contributed by atoms with Crippen LogP contribution in [0.25, 0.3) is 0 Å². The van der Waals surface area contributed by atoms with Gasteiger partial charge in [0, 0.05) is 5.33 Å². The van der Waals surface area contributed by atoms with Gasteiger partial charge in [0.25, 0.3) is 0 Å². The monoisotopic (exact) mass is 277 g/mol. The van der Waals surface area contributed by atoms with Gasteiger partial charge in [-0.2, -0.15) is 18.4 Å². The summed E-state index contributed by atoms with van der Waals surface area (Å²) in [7, 11) is 0. The minimum atomic E-state index is -4.37. The second kappa shape index (κ2) is 4.23. The molecule has 1 aromatic rings. The van der Waals surface area contributed by atoms with E-state index in [4.69, 9.17) is 5.26 Å². The molecule has 0 fully saturated rings. The van der Waals surface area contributed by atoms with Crippen molar-refractivity contribution in [2.24, 2.45) is 0 Å². The van der Waals surface area contributed by atoms with Gasteiger partial charge in [-0.05, 0) is 30.2 Å². The lowest BCUT2D eigenvalue weighted by Gasteiger charge is -2.12. The molecular formula is C10H7BrF3N. The average Bonchev–Trinajstić information content (AvgIpc) is 2.16. The molecule has 0 aromatic heterocycles. The fourth-order valence-electron chi connectivity index (χ4n) is 1.25. The zero-order chi connectivity index (χ0) is 11.6. The van der Waals surface area contributed by atoms with Crippen molar-refractivity contribution in [1.82, 2.24) is 0 Å². The number of aryl methyl sites for hydroxylation is 1. The first-order chi connectivity index (χ1) is 6.90. The van der Waals surface area contributed by atoms with E-state index in [0.717, 1.165) is 6.07 Å². The Kier molecular flexibility index (Phi) is 3.40. The molecule has 0 heterocycles. The van der Waals surface area contributed by atoms with Crippen LogP contribution in [0.15, 0.2) is 12.1 Å². The highest BCUT2D eigenvalue weighted by Gasteiger charge is 2.33. The summed E-state index contributed by atoms with van der Waals surface area (Å²) < 4.78 is 37.6. The van der Waals surface area contributed by atoms with E-state index in [0.29, 0.717) is 5.56 Å². The predicted molar refractivity (Wildman–Crippen MR) is 53.5 cm³/mol. The minimum absolute atomic E-state index is 0.0802. The van der Waals surface area contributed by atoms with Crippen molar-refractivity contribution in [2.75, 3.05) is 0 Å². The van der Waals surface area contributed by atoms with E-state index in [1.807, 2.05) is 6.07 Å². The zero-order valence-corrected chi connectivity index (χ0v) is 9.41. The molecule has 0 N–H and O–H groups in total. The lowest BCUT2D eigenvalue weighted by molar-refractivity contribution is -0.138. The van der Waals surface area contributed by atoms with Crippen LogP contribution in [0.4, 0.5) is 13.2 Å². The largest absolute Gasteiger partial charge is 0.416 e. The van der Waals surface area contributed by atoms with Crippen molar-refractivity contribution in [1.29, 1.82) is 5.26 Å². The van der Waals surface area contributed by atoms with E-state index in [1.165, 1.54) is 13.0 Å². The number of rotatable bonds is 1. The Balaban J connectivity index is 3.42. The van der Waals surface area contributed by atoms with Crippen LogP contribution in [-0.4, -0.2) is 0 Å². The Morgan fingerprint density at radius 1 is 1.40 bits per heavy atom. The van der Waals surface area contributed by atoms with Crippen LogP contribution < -0.4 is 0 Å². The number of alkyl halides is 4. The van der Waals surface area contributed by atoms with Crippen molar-refractivity contribution < 1.29 is 13.2 Å². The summed E-state index contributed by atoms with van der Waals surface area (Å²) in [5.74, 6) is 0. The van der Waals surface area contributed by atoms with Crippen LogP contribution in [-0.2, 0) is 11.5 Å². The topological polar surface area (TPSA) is 23.8 Å². The van der Waals surface area contributed by atoms with Gasteiger partial charge >= 0.3 is 6.18 Å². The van der Waals surface area contributed by atoms with Crippen LogP contribution in [0.3, 0.4) is 0 Å². The molecule has 5 heteroatoms. The molecule has 0 aliphatic carbocycles. The van der Waals surface area contributed by atoms with Gasteiger partial charge in [-0.3, -0.25) is 0 Å². The molecule has 1 rings (SSSR count). The summed E-state index contributed by atoms with van der Waals surface area (Å²) in [6.45, 7) is 1.49. The maximum atomic E-state index is 12.5. The number of halogens is 4. The second-order valence-electron chi connectivity index (χ2n) is 3.07. The summed E-state index contributed by atoms with van der Waals surface area (Å²) in [4.78, 5) is 0. The number of benzene rings is 1. The Labute approximate surface area is 93.6 Å². The van der Waals surface area contributed by atoms with Crippen molar-refractivity contribution >= 4 is 15.9 Å². The fraction of sp³-hybridized carbons (Fsp3) is 0.300. The van der Waals surface area contributed by atoms with Crippen molar-refractivity contribution in [3.63, 3.8) is 0 Å². The molecule has 0 atom stereocenters. The van der Waals surface area contributed by atoms with Crippen LogP contribution >= 0.6 is 15.9 Å². The van der Waals surface area contributed by atoms with Gasteiger partial charge < -0.3 is 0 Å². The van der Waals surface area contributed by atoms with Crippen LogP contribution in [0.1, 0.15) is 22.3 Å². The first-order valence-corrected chi connectivity index (χ1v) is 5.19. The molecule has 0 saturated carbocycles. The molecule has 1 aromatic carbocycles. The smallest absolute Gasteiger partial charge is 0.192 e. The summed E-state index contributed by atoms with van der Waals surface area (Å²) >= 11 is 2.98. The van der Waals surface area contributed by atoms with Crippen molar-refractivity contribution in [2.45, 2.75) is 18.4 Å². The Morgan fingerprint density at radius 3 is 2.40 bits per heavy atom. The first kappa shape index (κ1) is 12.1. The van der Waals surface area contributed by atoms with Crippen LogP contribution in [0.2, 0.25) is 0 Å². The van der Waals surface area contributed by atoms with E-state index in [9.17, 15) is 13.2 Å². The van der Waals surface area contributed by atoms with Crippen molar-refractivity contribution in [3.05, 3.63) is 34.4 Å². The van der Waals surface area contributed by atoms with Gasteiger partial charge in [0.1, 0.15) is 0 Å². The van der Waals surface area contributed by atoms with Gasteiger partial charge in [-0.25, -0.2) is 0 Å². The Morgan fingerprint density at radius 2 is 2.00 bits per heavy atom. The quantitative estimate of drug-likeness (QED) is 0.717. The summed E-state index contributed by atoms with van der Waals surface area (Å²) in [6, 6.07) is 4.14. The zero-order valence-electron chi connectivity index (χ0n) is 7.82. The Hall–Kier alpha value is -1.02. The standard InChI is InChI=1S/C10H7BrF3N/c1-6-2-9(10(12,13)14)7(4-11)3-8(6)5-15/h2-3H,4H2,1H3. The molecule has 1 nitrogen and oxygen atoms in total. The molecule has 0 saturated heterocycles. The summed E-state index contributed by atoms with van der Waals surface area (Å²) in [5.41, 5.74) is 0.0208. The normalized spacial score (nSPS) is 11.2. The van der Waals surface area contributed by atoms with E-state index in [-0.39, 0.29) is 16.5 Å². The number of hydrogen-bond acceptors (Lipinski definition) is 1. The van der Waals surface area contributed by atoms with Gasteiger partial charge in [0.2, 0.25) is 0 Å². The lowest BCUT2D eigenvalue weighted by Crippen LogP contribution is -2.09. The second-order valence-corrected chi connectivity index (χ2v) is 3.63. The van der Waals surface area contributed by atoms with Gasteiger partial charge in [-0.15, -0.1) is 0 Å². The summed E-state index contributed by atoms with van der Waals surface area (Å²) in [6.07, 6.45) is -4.37. The van der Waals surface area contributed by atoms with E-state index in [1.54, 1.807) is 0 Å². The lowest BCUT2D eigenvalue weighted by atomic mass is 10.0. The number of hydrogen-bond donors (Lipinski definition) is 0. The Bertz CT molecular complexity index is 418. The molecule has 0 spiro atoms. The molecule has 0 unspecified atom stereocenters. The molecule has 15 heavy (non-hydrogen) atoms. The van der Waals surface area contributed by atoms with E-state index < -0.39 is 11.7 Å². The highest BCUT2D eigenvalue weighted by atomic mass is 79.9. The highest BCUT2D eigenvalue weighted by molar-refractivity contribution is 9.08. The molecule has 0 bridgehead atoms. The number of nitrogens with zero attached hydrogens (tertiary/aromatic N) is 1. The third-order valence-electron chi connectivity index (χ3n) is 2.02. The first-order valence-electron chi connectivity index (χ1n) is 4.07. The molecule has 80 valence electrons. The third kappa shape index (κ3) is 2.51. The minimum Gasteiger partial charge on any atom is -0.192 e. The molecule has 0 radical (unpaired) electrons. The van der Waals surface area contributed by atoms with Gasteiger partial charge in [-0.1, -0.05) is 15.9 Å². The highest BCUT2D eigenvalue weighted by Crippen LogP contribution is 2.34. The third-order valence-corrected chi connectivity index (χ3v) is 2.62. The van der Waals surface area contributed by atoms with Gasteiger partial charge in [0.05, 0.1) is 17.2 Å². The summed E-state index contributed by atoms with van der Waals surface area (Å²) in [5, 5.41) is 8.77. The van der Waals surface area contributed by atoms with Crippen LogP contribution in [0.5, 0.6) is 0 Å². The maximum Gasteiger partial charge on any atom is 0.416 e. The van der Waals surface area contributed by atoms with Gasteiger partial charge in [0.15, 0.2) is 0 Å². The molecule has 0 aliphatic heterocycles. The maximum absolute atomic E-state index is 12.5. The molecular weight excluding hydrogens is 271 g/mol. The fourth-order valence-corrected chi connectivity index (χ4v) is 1.71. The molecule has 0 amide bonds. The van der Waals surface area contributed by atoms with E-state index in [2.05, 4.69) is 15.9 Å². The molecule has 0 aliphatic rings. The van der Waals surface area contributed by atoms with Crippen LogP contribution in [0, 0.1) is 18.3 Å².